The average Bonchev–Trinajstić information content (AvgIpc) is 2.40. The van der Waals surface area contributed by atoms with Gasteiger partial charge in [-0.2, -0.15) is 5.26 Å². The van der Waals surface area contributed by atoms with E-state index in [1.165, 1.54) is 11.1 Å². The highest BCUT2D eigenvalue weighted by Crippen LogP contribution is 2.45. The highest BCUT2D eigenvalue weighted by molar-refractivity contribution is 5.31. The van der Waals surface area contributed by atoms with Gasteiger partial charge in [0.1, 0.15) is 0 Å². The molecule has 1 aromatic rings. The molecule has 2 rings (SSSR count). The number of rotatable bonds is 3. The van der Waals surface area contributed by atoms with Crippen molar-refractivity contribution in [2.75, 3.05) is 6.61 Å². The molecule has 0 spiro atoms. The van der Waals surface area contributed by atoms with Gasteiger partial charge in [-0.05, 0) is 38.7 Å². The first-order valence-corrected chi connectivity index (χ1v) is 7.12. The SMILES string of the molecule is CCC1(C)CC(CC#N)(c2ccc(C)cc2)CCO1. The maximum atomic E-state index is 9.25. The summed E-state index contributed by atoms with van der Waals surface area (Å²) in [5, 5.41) is 9.25. The van der Waals surface area contributed by atoms with Crippen molar-refractivity contribution in [3.05, 3.63) is 35.4 Å². The van der Waals surface area contributed by atoms with Crippen LogP contribution in [0.3, 0.4) is 0 Å². The van der Waals surface area contributed by atoms with Crippen molar-refractivity contribution in [1.82, 2.24) is 0 Å². The molecule has 0 amide bonds. The van der Waals surface area contributed by atoms with E-state index in [0.717, 1.165) is 25.9 Å². The molecule has 2 unspecified atom stereocenters. The second-order valence-electron chi connectivity index (χ2n) is 6.06. The lowest BCUT2D eigenvalue weighted by Crippen LogP contribution is -2.45. The Labute approximate surface area is 116 Å². The molecule has 1 saturated heterocycles. The zero-order valence-corrected chi connectivity index (χ0v) is 12.2. The van der Waals surface area contributed by atoms with E-state index in [1.807, 2.05) is 0 Å². The molecule has 2 heteroatoms. The first-order valence-electron chi connectivity index (χ1n) is 7.12. The monoisotopic (exact) mass is 257 g/mol. The summed E-state index contributed by atoms with van der Waals surface area (Å²) in [5.74, 6) is 0. The lowest BCUT2D eigenvalue weighted by atomic mass is 9.66. The second-order valence-corrected chi connectivity index (χ2v) is 6.06. The maximum Gasteiger partial charge on any atom is 0.0660 e. The Bertz CT molecular complexity index is 473. The molecule has 0 aromatic heterocycles. The molecular formula is C17H23NO. The Morgan fingerprint density at radius 2 is 2.00 bits per heavy atom. The van der Waals surface area contributed by atoms with Crippen LogP contribution in [0, 0.1) is 18.3 Å². The predicted molar refractivity (Wildman–Crippen MR) is 77.0 cm³/mol. The van der Waals surface area contributed by atoms with Crippen LogP contribution in [-0.4, -0.2) is 12.2 Å². The van der Waals surface area contributed by atoms with E-state index >= 15 is 0 Å². The highest BCUT2D eigenvalue weighted by atomic mass is 16.5. The minimum Gasteiger partial charge on any atom is -0.375 e. The molecular weight excluding hydrogens is 234 g/mol. The van der Waals surface area contributed by atoms with Crippen LogP contribution in [0.15, 0.2) is 24.3 Å². The van der Waals surface area contributed by atoms with Crippen molar-refractivity contribution in [3.8, 4) is 6.07 Å². The Morgan fingerprint density at radius 3 is 2.58 bits per heavy atom. The number of nitrogens with zero attached hydrogens (tertiary/aromatic N) is 1. The molecule has 0 N–H and O–H groups in total. The number of aryl methyl sites for hydroxylation is 1. The van der Waals surface area contributed by atoms with Crippen LogP contribution in [0.5, 0.6) is 0 Å². The van der Waals surface area contributed by atoms with Gasteiger partial charge in [-0.25, -0.2) is 0 Å². The van der Waals surface area contributed by atoms with Crippen LogP contribution in [0.25, 0.3) is 0 Å². The van der Waals surface area contributed by atoms with E-state index in [4.69, 9.17) is 4.74 Å². The summed E-state index contributed by atoms with van der Waals surface area (Å²) in [6.07, 6.45) is 3.45. The zero-order chi connectivity index (χ0) is 13.9. The van der Waals surface area contributed by atoms with Crippen LogP contribution in [0.2, 0.25) is 0 Å². The van der Waals surface area contributed by atoms with Gasteiger partial charge in [0.05, 0.1) is 11.7 Å². The van der Waals surface area contributed by atoms with Gasteiger partial charge in [0.2, 0.25) is 0 Å². The van der Waals surface area contributed by atoms with Gasteiger partial charge in [0.25, 0.3) is 0 Å². The van der Waals surface area contributed by atoms with E-state index in [1.54, 1.807) is 0 Å². The number of hydrogen-bond donors (Lipinski definition) is 0. The fourth-order valence-corrected chi connectivity index (χ4v) is 3.13. The van der Waals surface area contributed by atoms with E-state index < -0.39 is 0 Å². The molecule has 1 aliphatic heterocycles. The first kappa shape index (κ1) is 14.1. The normalized spacial score (nSPS) is 30.8. The van der Waals surface area contributed by atoms with Crippen molar-refractivity contribution in [2.45, 2.75) is 57.5 Å². The molecule has 2 nitrogen and oxygen atoms in total. The van der Waals surface area contributed by atoms with E-state index in [2.05, 4.69) is 51.1 Å². The Morgan fingerprint density at radius 1 is 1.32 bits per heavy atom. The third kappa shape index (κ3) is 2.82. The number of nitriles is 1. The van der Waals surface area contributed by atoms with Gasteiger partial charge in [0, 0.05) is 18.4 Å². The standard InChI is InChI=1S/C17H23NO/c1-4-16(3)13-17(9-11-18,10-12-19-16)15-7-5-14(2)6-8-15/h5-8H,4,9-10,12-13H2,1-3H3. The summed E-state index contributed by atoms with van der Waals surface area (Å²) < 4.78 is 5.95. The molecule has 102 valence electrons. The molecule has 0 saturated carbocycles. The van der Waals surface area contributed by atoms with Crippen LogP contribution in [-0.2, 0) is 10.2 Å². The van der Waals surface area contributed by atoms with Crippen molar-refractivity contribution in [3.63, 3.8) is 0 Å². The number of ether oxygens (including phenoxy) is 1. The summed E-state index contributed by atoms with van der Waals surface area (Å²) in [7, 11) is 0. The first-order chi connectivity index (χ1) is 9.03. The fourth-order valence-electron chi connectivity index (χ4n) is 3.13. The van der Waals surface area contributed by atoms with E-state index in [0.29, 0.717) is 6.42 Å². The fraction of sp³-hybridized carbons (Fsp3) is 0.588. The summed E-state index contributed by atoms with van der Waals surface area (Å²) in [6, 6.07) is 11.1. The smallest absolute Gasteiger partial charge is 0.0660 e. The topological polar surface area (TPSA) is 33.0 Å². The van der Waals surface area contributed by atoms with Crippen molar-refractivity contribution < 1.29 is 4.74 Å². The minimum atomic E-state index is -0.0972. The summed E-state index contributed by atoms with van der Waals surface area (Å²) >= 11 is 0. The van der Waals surface area contributed by atoms with Gasteiger partial charge in [-0.3, -0.25) is 0 Å². The summed E-state index contributed by atoms with van der Waals surface area (Å²) in [4.78, 5) is 0. The molecule has 1 heterocycles. The molecule has 0 aliphatic carbocycles. The van der Waals surface area contributed by atoms with Gasteiger partial charge in [-0.15, -0.1) is 0 Å². The molecule has 19 heavy (non-hydrogen) atoms. The van der Waals surface area contributed by atoms with E-state index in [9.17, 15) is 5.26 Å². The molecule has 0 bridgehead atoms. The molecule has 1 aliphatic rings. The predicted octanol–water partition coefficient (Wildman–Crippen LogP) is 4.13. The Balaban J connectivity index is 2.37. The van der Waals surface area contributed by atoms with E-state index in [-0.39, 0.29) is 11.0 Å². The van der Waals surface area contributed by atoms with Crippen molar-refractivity contribution in [2.24, 2.45) is 0 Å². The molecule has 0 radical (unpaired) electrons. The van der Waals surface area contributed by atoms with Gasteiger partial charge in [-0.1, -0.05) is 36.8 Å². The lowest BCUT2D eigenvalue weighted by molar-refractivity contribution is -0.0957. The van der Waals surface area contributed by atoms with Crippen molar-refractivity contribution in [1.29, 1.82) is 5.26 Å². The Kier molecular flexibility index (Phi) is 3.96. The number of hydrogen-bond acceptors (Lipinski definition) is 2. The highest BCUT2D eigenvalue weighted by Gasteiger charge is 2.43. The Hall–Kier alpha value is -1.33. The third-order valence-corrected chi connectivity index (χ3v) is 4.57. The van der Waals surface area contributed by atoms with Crippen LogP contribution < -0.4 is 0 Å². The lowest BCUT2D eigenvalue weighted by Gasteiger charge is -2.45. The molecule has 1 fully saturated rings. The quantitative estimate of drug-likeness (QED) is 0.815. The molecule has 2 atom stereocenters. The average molecular weight is 257 g/mol. The minimum absolute atomic E-state index is 0.0363. The largest absolute Gasteiger partial charge is 0.375 e. The summed E-state index contributed by atoms with van der Waals surface area (Å²) in [6.45, 7) is 7.19. The van der Waals surface area contributed by atoms with Gasteiger partial charge >= 0.3 is 0 Å². The second kappa shape index (κ2) is 5.35. The summed E-state index contributed by atoms with van der Waals surface area (Å²) in [5.41, 5.74) is 2.43. The zero-order valence-electron chi connectivity index (χ0n) is 12.2. The van der Waals surface area contributed by atoms with Crippen LogP contribution in [0.1, 0.15) is 50.7 Å². The van der Waals surface area contributed by atoms with Crippen molar-refractivity contribution >= 4 is 0 Å². The molecule has 1 aromatic carbocycles. The van der Waals surface area contributed by atoms with Gasteiger partial charge < -0.3 is 4.74 Å². The van der Waals surface area contributed by atoms with Gasteiger partial charge in [0.15, 0.2) is 0 Å². The maximum absolute atomic E-state index is 9.25. The number of benzene rings is 1. The van der Waals surface area contributed by atoms with Crippen LogP contribution >= 0.6 is 0 Å². The third-order valence-electron chi connectivity index (χ3n) is 4.57. The van der Waals surface area contributed by atoms with Crippen LogP contribution in [0.4, 0.5) is 0 Å².